The molecule has 3 aromatic carbocycles. The van der Waals surface area contributed by atoms with Crippen molar-refractivity contribution in [3.8, 4) is 0 Å². The number of hydrogen-bond donors (Lipinski definition) is 0. The van der Waals surface area contributed by atoms with Crippen LogP contribution < -0.4 is 0 Å². The van der Waals surface area contributed by atoms with Crippen LogP contribution in [0.25, 0.3) is 30.9 Å². The van der Waals surface area contributed by atoms with Crippen molar-refractivity contribution in [3.63, 3.8) is 0 Å². The van der Waals surface area contributed by atoms with Crippen LogP contribution >= 0.6 is 11.3 Å². The maximum atomic E-state index is 9.09. The van der Waals surface area contributed by atoms with Gasteiger partial charge in [-0.25, -0.2) is 0 Å². The van der Waals surface area contributed by atoms with Crippen LogP contribution in [-0.4, -0.2) is 11.2 Å². The van der Waals surface area contributed by atoms with Gasteiger partial charge in [-0.3, -0.25) is 0 Å². The van der Waals surface area contributed by atoms with Gasteiger partial charge >= 0.3 is 0 Å². The summed E-state index contributed by atoms with van der Waals surface area (Å²) >= 11 is 1.02. The maximum Gasteiger partial charge on any atom is 0.186 e. The summed E-state index contributed by atoms with van der Waals surface area (Å²) in [4.78, 5) is 0. The zero-order valence-corrected chi connectivity index (χ0v) is 15.6. The molecule has 1 fully saturated rings. The molecule has 2 heterocycles. The van der Waals surface area contributed by atoms with E-state index in [9.17, 15) is 0 Å². The van der Waals surface area contributed by atoms with Gasteiger partial charge in [0, 0.05) is 25.7 Å². The van der Waals surface area contributed by atoms with Crippen molar-refractivity contribution < 1.29 is 21.8 Å². The quantitative estimate of drug-likeness (QED) is 0.366. The average Bonchev–Trinajstić information content (AvgIpc) is 3.26. The molecule has 0 spiro atoms. The molecule has 26 heavy (non-hydrogen) atoms. The molecule has 0 unspecified atom stereocenters. The molecule has 1 aliphatic rings. The number of rotatable bonds is 1. The highest BCUT2D eigenvalue weighted by molar-refractivity contribution is 7.26. The van der Waals surface area contributed by atoms with E-state index in [1.165, 1.54) is 0 Å². The van der Waals surface area contributed by atoms with E-state index in [1.54, 1.807) is 0 Å². The van der Waals surface area contributed by atoms with Gasteiger partial charge in [0.2, 0.25) is 0 Å². The summed E-state index contributed by atoms with van der Waals surface area (Å²) in [5.74, 6) is 0. The Bertz CT molecular complexity index is 1590. The maximum absolute atomic E-state index is 9.09. The lowest BCUT2D eigenvalue weighted by Crippen LogP contribution is -2.41. The van der Waals surface area contributed by atoms with Crippen molar-refractivity contribution >= 4 is 42.3 Å². The summed E-state index contributed by atoms with van der Waals surface area (Å²) < 4.78 is 89.0. The monoisotopic (exact) mass is 371 g/mol. The SMILES string of the molecule is [2H]c1c([2H])c([2H])c2c(sc3c4c([2H])c([2H])c([2H])c([2H])c4c([2H])c(C4OC(C)(C)C(C)(C)O4)c32)c1[2H]. The van der Waals surface area contributed by atoms with Gasteiger partial charge in [-0.1, -0.05) is 42.3 Å². The van der Waals surface area contributed by atoms with Crippen LogP contribution in [0.2, 0.25) is 0 Å². The van der Waals surface area contributed by atoms with Crippen LogP contribution in [-0.2, 0) is 9.47 Å². The molecule has 0 aliphatic carbocycles. The first-order chi connectivity index (χ1) is 16.1. The number of ether oxygens (including phenoxy) is 2. The van der Waals surface area contributed by atoms with Gasteiger partial charge in [0.1, 0.15) is 0 Å². The largest absolute Gasteiger partial charge is 0.339 e. The van der Waals surface area contributed by atoms with Gasteiger partial charge < -0.3 is 9.47 Å². The van der Waals surface area contributed by atoms with E-state index in [-0.39, 0.29) is 62.0 Å². The van der Waals surface area contributed by atoms with Gasteiger partial charge in [-0.15, -0.1) is 11.3 Å². The number of benzene rings is 3. The fourth-order valence-corrected chi connectivity index (χ4v) is 4.30. The third-order valence-electron chi connectivity index (χ3n) is 5.27. The highest BCUT2D eigenvalue weighted by atomic mass is 32.1. The third kappa shape index (κ3) is 2.18. The molecule has 1 saturated heterocycles. The summed E-state index contributed by atoms with van der Waals surface area (Å²) in [6.45, 7) is 7.38. The molecule has 2 nitrogen and oxygen atoms in total. The van der Waals surface area contributed by atoms with Crippen LogP contribution in [0.15, 0.2) is 54.4 Å². The fourth-order valence-electron chi connectivity index (χ4n) is 3.16. The molecule has 0 saturated carbocycles. The second kappa shape index (κ2) is 5.29. The van der Waals surface area contributed by atoms with Gasteiger partial charge in [0.25, 0.3) is 0 Å². The topological polar surface area (TPSA) is 18.5 Å². The number of thiophene rings is 1. The van der Waals surface area contributed by atoms with Gasteiger partial charge in [0.05, 0.1) is 23.5 Å². The van der Waals surface area contributed by atoms with Crippen molar-refractivity contribution in [1.29, 1.82) is 0 Å². The number of fused-ring (bicyclic) bond motifs is 5. The summed E-state index contributed by atoms with van der Waals surface area (Å²) in [7, 11) is 0. The Hall–Kier alpha value is -1.94. The Morgan fingerprint density at radius 3 is 2.23 bits per heavy atom. The first-order valence-electron chi connectivity index (χ1n) is 12.8. The van der Waals surface area contributed by atoms with Crippen LogP contribution in [0.1, 0.15) is 51.9 Å². The zero-order chi connectivity index (χ0) is 25.9. The molecule has 132 valence electrons. The van der Waals surface area contributed by atoms with E-state index in [0.717, 1.165) is 11.3 Å². The molecule has 0 amide bonds. The fraction of sp³-hybridized carbons (Fsp3) is 0.304. The van der Waals surface area contributed by atoms with E-state index in [4.69, 9.17) is 21.8 Å². The van der Waals surface area contributed by atoms with Gasteiger partial charge in [0.15, 0.2) is 6.29 Å². The predicted octanol–water partition coefficient (Wildman–Crippen LogP) is 6.81. The minimum Gasteiger partial charge on any atom is -0.339 e. The third-order valence-corrected chi connectivity index (χ3v) is 6.39. The summed E-state index contributed by atoms with van der Waals surface area (Å²) in [5.41, 5.74) is -1.36. The van der Waals surface area contributed by atoms with Crippen LogP contribution in [0.5, 0.6) is 0 Å². The highest BCUT2D eigenvalue weighted by Gasteiger charge is 2.50. The molecule has 1 aliphatic heterocycles. The Labute approximate surface area is 170 Å². The van der Waals surface area contributed by atoms with Crippen molar-refractivity contribution in [2.24, 2.45) is 0 Å². The Morgan fingerprint density at radius 1 is 0.885 bits per heavy atom. The van der Waals surface area contributed by atoms with Crippen molar-refractivity contribution in [2.45, 2.75) is 45.2 Å². The lowest BCUT2D eigenvalue weighted by Gasteiger charge is -2.30. The van der Waals surface area contributed by atoms with Crippen LogP contribution in [0.3, 0.4) is 0 Å². The summed E-state index contributed by atoms with van der Waals surface area (Å²) in [5, 5.41) is 0.575. The lowest BCUT2D eigenvalue weighted by molar-refractivity contribution is -0.0884. The van der Waals surface area contributed by atoms with E-state index < -0.39 is 41.7 Å². The standard InChI is InChI=1S/C23H22O2S/c1-22(2)23(3,4)25-21(24-22)17-13-14-9-5-6-10-15(14)20-19(17)16-11-7-8-12-18(16)26-20/h5-13,21H,1-4H3/i5D,6D,7D,8D,9D,10D,11D,12D,13D. The van der Waals surface area contributed by atoms with Crippen molar-refractivity contribution in [3.05, 3.63) is 59.9 Å². The number of hydrogen-bond acceptors (Lipinski definition) is 3. The predicted molar refractivity (Wildman–Crippen MR) is 110 cm³/mol. The Morgan fingerprint density at radius 2 is 1.50 bits per heavy atom. The molecule has 3 heteroatoms. The first-order valence-corrected chi connectivity index (χ1v) is 9.14. The Kier molecular flexibility index (Phi) is 1.90. The minimum absolute atomic E-state index is 0.00461. The van der Waals surface area contributed by atoms with E-state index in [2.05, 4.69) is 0 Å². The normalized spacial score (nSPS) is 24.5. The minimum atomic E-state index is -1.09. The van der Waals surface area contributed by atoms with Crippen LogP contribution in [0, 0.1) is 0 Å². The molecule has 0 atom stereocenters. The molecule has 5 rings (SSSR count). The van der Waals surface area contributed by atoms with Crippen LogP contribution in [0.4, 0.5) is 0 Å². The second-order valence-corrected chi connectivity index (χ2v) is 8.41. The van der Waals surface area contributed by atoms with E-state index in [1.807, 2.05) is 27.7 Å². The second-order valence-electron chi connectivity index (χ2n) is 7.39. The smallest absolute Gasteiger partial charge is 0.186 e. The zero-order valence-electron chi connectivity index (χ0n) is 23.8. The first kappa shape index (κ1) is 9.32. The molecule has 0 bridgehead atoms. The lowest BCUT2D eigenvalue weighted by atomic mass is 9.90. The van der Waals surface area contributed by atoms with Crippen molar-refractivity contribution in [1.82, 2.24) is 0 Å². The molecule has 0 radical (unpaired) electrons. The van der Waals surface area contributed by atoms with Gasteiger partial charge in [-0.05, 0) is 50.6 Å². The van der Waals surface area contributed by atoms with Gasteiger partial charge in [-0.2, -0.15) is 0 Å². The van der Waals surface area contributed by atoms with E-state index in [0.29, 0.717) is 4.70 Å². The molecule has 1 aromatic heterocycles. The average molecular weight is 372 g/mol. The molecule has 4 aromatic rings. The Balaban J connectivity index is 2.10. The molecule has 0 N–H and O–H groups in total. The molecular formula is C23H22O2S. The summed E-state index contributed by atoms with van der Waals surface area (Å²) in [6, 6.07) is -3.21. The highest BCUT2D eigenvalue weighted by Crippen LogP contribution is 2.49. The summed E-state index contributed by atoms with van der Waals surface area (Å²) in [6.07, 6.45) is -1.09. The van der Waals surface area contributed by atoms with Crippen molar-refractivity contribution in [2.75, 3.05) is 0 Å². The molecular weight excluding hydrogens is 340 g/mol. The van der Waals surface area contributed by atoms with E-state index >= 15 is 0 Å².